The molecule has 1 aliphatic rings. The molecule has 1 atom stereocenters. The molecule has 2 aromatic carbocycles. The van der Waals surface area contributed by atoms with Gasteiger partial charge >= 0.3 is 0 Å². The van der Waals surface area contributed by atoms with Crippen molar-refractivity contribution in [2.45, 2.75) is 26.0 Å². The second-order valence-corrected chi connectivity index (χ2v) is 5.91. The third-order valence-electron chi connectivity index (χ3n) is 4.06. The number of hydrogen-bond acceptors (Lipinski definition) is 4. The molecule has 6 heteroatoms. The molecule has 0 saturated heterocycles. The first-order valence-corrected chi connectivity index (χ1v) is 8.16. The van der Waals surface area contributed by atoms with Gasteiger partial charge in [0.15, 0.2) is 6.10 Å². The number of phenolic OH excluding ortho intramolecular Hbond substituents is 1. The molecule has 6 nitrogen and oxygen atoms in total. The van der Waals surface area contributed by atoms with Crippen molar-refractivity contribution in [3.8, 4) is 11.5 Å². The van der Waals surface area contributed by atoms with E-state index in [2.05, 4.69) is 5.32 Å². The van der Waals surface area contributed by atoms with Crippen LogP contribution < -0.4 is 15.0 Å². The van der Waals surface area contributed by atoms with Gasteiger partial charge in [-0.2, -0.15) is 0 Å². The first kappa shape index (κ1) is 16.8. The zero-order valence-corrected chi connectivity index (χ0v) is 13.9. The summed E-state index contributed by atoms with van der Waals surface area (Å²) in [6, 6.07) is 14.0. The quantitative estimate of drug-likeness (QED) is 0.875. The fourth-order valence-electron chi connectivity index (χ4n) is 2.71. The number of anilines is 1. The van der Waals surface area contributed by atoms with Gasteiger partial charge in [-0.25, -0.2) is 0 Å². The Hall–Kier alpha value is -3.02. The van der Waals surface area contributed by atoms with Gasteiger partial charge in [-0.3, -0.25) is 9.59 Å². The number of nitrogens with zero attached hydrogens (tertiary/aromatic N) is 1. The van der Waals surface area contributed by atoms with Crippen LogP contribution in [0.15, 0.2) is 48.5 Å². The van der Waals surface area contributed by atoms with Gasteiger partial charge in [0.05, 0.1) is 5.69 Å². The third-order valence-corrected chi connectivity index (χ3v) is 4.06. The number of benzene rings is 2. The summed E-state index contributed by atoms with van der Waals surface area (Å²) in [5.74, 6) is 0.551. The molecule has 2 aromatic rings. The van der Waals surface area contributed by atoms with Crippen molar-refractivity contribution in [3.63, 3.8) is 0 Å². The first-order chi connectivity index (χ1) is 12.0. The average Bonchev–Trinajstić information content (AvgIpc) is 2.61. The summed E-state index contributed by atoms with van der Waals surface area (Å²) in [6.45, 7) is 2.38. The molecule has 0 saturated carbocycles. The predicted octanol–water partition coefficient (Wildman–Crippen LogP) is 2.21. The maximum absolute atomic E-state index is 12.4. The summed E-state index contributed by atoms with van der Waals surface area (Å²) >= 11 is 0. The second kappa shape index (κ2) is 7.25. The molecule has 130 valence electrons. The van der Waals surface area contributed by atoms with E-state index < -0.39 is 6.10 Å². The van der Waals surface area contributed by atoms with Crippen molar-refractivity contribution >= 4 is 17.5 Å². The van der Waals surface area contributed by atoms with Gasteiger partial charge in [0.2, 0.25) is 5.91 Å². The van der Waals surface area contributed by atoms with Crippen molar-refractivity contribution < 1.29 is 19.4 Å². The van der Waals surface area contributed by atoms with Crippen molar-refractivity contribution in [1.29, 1.82) is 0 Å². The Bertz CT molecular complexity index is 773. The standard InChI is InChI=1S/C19H20N2O4/c1-13-19(24)21(16-4-2-3-5-17(16)25-13)11-10-18(23)20-12-14-6-8-15(22)9-7-14/h2-9,13,22H,10-12H2,1H3,(H,20,23)/t13-/m0/s1. The predicted molar refractivity (Wildman–Crippen MR) is 93.5 cm³/mol. The molecule has 1 heterocycles. The minimum Gasteiger partial charge on any atom is -0.508 e. The summed E-state index contributed by atoms with van der Waals surface area (Å²) in [5, 5.41) is 12.1. The van der Waals surface area contributed by atoms with Gasteiger partial charge in [0.1, 0.15) is 11.5 Å². The van der Waals surface area contributed by atoms with Gasteiger partial charge in [0, 0.05) is 19.5 Å². The van der Waals surface area contributed by atoms with Crippen LogP contribution in [0.4, 0.5) is 5.69 Å². The highest BCUT2D eigenvalue weighted by Crippen LogP contribution is 2.33. The van der Waals surface area contributed by atoms with Crippen LogP contribution in [0.1, 0.15) is 18.9 Å². The van der Waals surface area contributed by atoms with Gasteiger partial charge in [-0.05, 0) is 36.8 Å². The van der Waals surface area contributed by atoms with Crippen molar-refractivity contribution in [3.05, 3.63) is 54.1 Å². The molecule has 3 rings (SSSR count). The zero-order chi connectivity index (χ0) is 17.8. The molecule has 0 spiro atoms. The van der Waals surface area contributed by atoms with Gasteiger partial charge in [-0.15, -0.1) is 0 Å². The molecular formula is C19H20N2O4. The van der Waals surface area contributed by atoms with Crippen molar-refractivity contribution in [1.82, 2.24) is 5.32 Å². The normalized spacial score (nSPS) is 16.1. The van der Waals surface area contributed by atoms with E-state index in [0.29, 0.717) is 24.5 Å². The van der Waals surface area contributed by atoms with E-state index in [0.717, 1.165) is 5.56 Å². The Morgan fingerprint density at radius 3 is 2.68 bits per heavy atom. The molecule has 0 fully saturated rings. The number of phenols is 1. The summed E-state index contributed by atoms with van der Waals surface area (Å²) in [4.78, 5) is 26.1. The lowest BCUT2D eigenvalue weighted by molar-refractivity contribution is -0.125. The highest BCUT2D eigenvalue weighted by molar-refractivity contribution is 6.00. The Morgan fingerprint density at radius 1 is 1.20 bits per heavy atom. The zero-order valence-electron chi connectivity index (χ0n) is 13.9. The molecule has 0 aromatic heterocycles. The van der Waals surface area contributed by atoms with Crippen LogP contribution >= 0.6 is 0 Å². The SMILES string of the molecule is C[C@@H]1Oc2ccccc2N(CCC(=O)NCc2ccc(O)cc2)C1=O. The topological polar surface area (TPSA) is 78.9 Å². The largest absolute Gasteiger partial charge is 0.508 e. The van der Waals surface area contributed by atoms with Crippen LogP contribution in [0.25, 0.3) is 0 Å². The second-order valence-electron chi connectivity index (χ2n) is 5.91. The summed E-state index contributed by atoms with van der Waals surface area (Å²) < 4.78 is 5.58. The molecule has 25 heavy (non-hydrogen) atoms. The number of para-hydroxylation sites is 2. The maximum atomic E-state index is 12.4. The highest BCUT2D eigenvalue weighted by atomic mass is 16.5. The van der Waals surface area contributed by atoms with Crippen LogP contribution in [0, 0.1) is 0 Å². The Balaban J connectivity index is 1.58. The van der Waals surface area contributed by atoms with E-state index in [1.54, 1.807) is 36.1 Å². The van der Waals surface area contributed by atoms with E-state index in [1.165, 1.54) is 0 Å². The van der Waals surface area contributed by atoms with E-state index in [9.17, 15) is 14.7 Å². The number of ether oxygens (including phenoxy) is 1. The summed E-state index contributed by atoms with van der Waals surface area (Å²) in [7, 11) is 0. The van der Waals surface area contributed by atoms with Crippen molar-refractivity contribution in [2.75, 3.05) is 11.4 Å². The first-order valence-electron chi connectivity index (χ1n) is 8.16. The summed E-state index contributed by atoms with van der Waals surface area (Å²) in [5.41, 5.74) is 1.59. The minimum atomic E-state index is -0.560. The fraction of sp³-hybridized carbons (Fsp3) is 0.263. The molecular weight excluding hydrogens is 320 g/mol. The number of aromatic hydroxyl groups is 1. The summed E-state index contributed by atoms with van der Waals surface area (Å²) in [6.07, 6.45) is -0.361. The molecule has 0 aliphatic carbocycles. The number of hydrogen-bond donors (Lipinski definition) is 2. The highest BCUT2D eigenvalue weighted by Gasteiger charge is 2.31. The molecule has 0 bridgehead atoms. The molecule has 0 radical (unpaired) electrons. The Kier molecular flexibility index (Phi) is 4.88. The van der Waals surface area contributed by atoms with Crippen LogP contribution in [0.5, 0.6) is 11.5 Å². The maximum Gasteiger partial charge on any atom is 0.267 e. The lowest BCUT2D eigenvalue weighted by Crippen LogP contribution is -2.45. The van der Waals surface area contributed by atoms with Gasteiger partial charge in [-0.1, -0.05) is 24.3 Å². The van der Waals surface area contributed by atoms with Gasteiger partial charge < -0.3 is 20.1 Å². The fourth-order valence-corrected chi connectivity index (χ4v) is 2.71. The Morgan fingerprint density at radius 2 is 1.92 bits per heavy atom. The van der Waals surface area contributed by atoms with Crippen LogP contribution in [-0.4, -0.2) is 29.6 Å². The number of carbonyl (C=O) groups is 2. The molecule has 1 aliphatic heterocycles. The van der Waals surface area contributed by atoms with Crippen LogP contribution in [0.2, 0.25) is 0 Å². The number of amides is 2. The van der Waals surface area contributed by atoms with Gasteiger partial charge in [0.25, 0.3) is 5.91 Å². The number of fused-ring (bicyclic) bond motifs is 1. The molecule has 0 unspecified atom stereocenters. The monoisotopic (exact) mass is 340 g/mol. The number of nitrogens with one attached hydrogen (secondary N) is 1. The van der Waals surface area contributed by atoms with E-state index in [-0.39, 0.29) is 24.0 Å². The molecule has 2 N–H and O–H groups in total. The van der Waals surface area contributed by atoms with Crippen LogP contribution in [0.3, 0.4) is 0 Å². The molecule has 2 amide bonds. The smallest absolute Gasteiger partial charge is 0.267 e. The number of carbonyl (C=O) groups excluding carboxylic acids is 2. The van der Waals surface area contributed by atoms with E-state index in [4.69, 9.17) is 4.74 Å². The Labute approximate surface area is 146 Å². The minimum absolute atomic E-state index is 0.141. The third kappa shape index (κ3) is 3.91. The number of rotatable bonds is 5. The average molecular weight is 340 g/mol. The van der Waals surface area contributed by atoms with Crippen molar-refractivity contribution in [2.24, 2.45) is 0 Å². The van der Waals surface area contributed by atoms with E-state index in [1.807, 2.05) is 24.3 Å². The van der Waals surface area contributed by atoms with Crippen LogP contribution in [-0.2, 0) is 16.1 Å². The lowest BCUT2D eigenvalue weighted by Gasteiger charge is -2.32. The van der Waals surface area contributed by atoms with E-state index >= 15 is 0 Å². The lowest BCUT2D eigenvalue weighted by atomic mass is 10.1.